The monoisotopic (exact) mass is 239 g/mol. The Balaban J connectivity index is 1.90. The zero-order valence-corrected chi connectivity index (χ0v) is 11.0. The maximum Gasteiger partial charge on any atom is 0.00955 e. The maximum absolute atomic E-state index is 3.48. The summed E-state index contributed by atoms with van der Waals surface area (Å²) in [5.74, 6) is 0.806. The van der Waals surface area contributed by atoms with Crippen molar-refractivity contribution in [3.05, 3.63) is 48.0 Å². The summed E-state index contributed by atoms with van der Waals surface area (Å²) in [5.41, 5.74) is 1.51. The third-order valence-corrected chi connectivity index (χ3v) is 4.39. The van der Waals surface area contributed by atoms with Gasteiger partial charge in [-0.2, -0.15) is 0 Å². The minimum absolute atomic E-state index is 0.712. The van der Waals surface area contributed by atoms with Crippen LogP contribution in [0.1, 0.15) is 24.8 Å². The molecule has 2 unspecified atom stereocenters. The van der Waals surface area contributed by atoms with Gasteiger partial charge in [0.1, 0.15) is 0 Å². The standard InChI is InChI=1S/C17H21N/c1-18-17-11-5-9-15(17)12-14-8-4-7-13-6-2-3-10-16(13)14/h2-4,6-8,10,15,17-18H,5,9,11-12H2,1H3. The van der Waals surface area contributed by atoms with E-state index >= 15 is 0 Å². The van der Waals surface area contributed by atoms with Crippen molar-refractivity contribution in [2.45, 2.75) is 31.7 Å². The zero-order chi connectivity index (χ0) is 12.4. The molecule has 0 spiro atoms. The third kappa shape index (κ3) is 2.15. The second-order valence-corrected chi connectivity index (χ2v) is 5.43. The fraction of sp³-hybridized carbons (Fsp3) is 0.412. The molecule has 0 amide bonds. The van der Waals surface area contributed by atoms with Gasteiger partial charge in [0.05, 0.1) is 0 Å². The van der Waals surface area contributed by atoms with Gasteiger partial charge in [-0.1, -0.05) is 48.9 Å². The SMILES string of the molecule is CNC1CCCC1Cc1cccc2ccccc12. The van der Waals surface area contributed by atoms with Crippen LogP contribution in [0.25, 0.3) is 10.8 Å². The number of benzene rings is 2. The first-order chi connectivity index (χ1) is 8.88. The van der Waals surface area contributed by atoms with Crippen molar-refractivity contribution >= 4 is 10.8 Å². The second-order valence-electron chi connectivity index (χ2n) is 5.43. The molecule has 0 heterocycles. The molecule has 1 N–H and O–H groups in total. The van der Waals surface area contributed by atoms with Crippen molar-refractivity contribution in [3.8, 4) is 0 Å². The highest BCUT2D eigenvalue weighted by atomic mass is 14.9. The highest BCUT2D eigenvalue weighted by Crippen LogP contribution is 2.30. The Morgan fingerprint density at radius 2 is 1.89 bits per heavy atom. The Hall–Kier alpha value is -1.34. The van der Waals surface area contributed by atoms with Crippen molar-refractivity contribution in [3.63, 3.8) is 0 Å². The first-order valence-electron chi connectivity index (χ1n) is 7.02. The lowest BCUT2D eigenvalue weighted by molar-refractivity contribution is 0.424. The van der Waals surface area contributed by atoms with Gasteiger partial charge in [0.2, 0.25) is 0 Å². The van der Waals surface area contributed by atoms with Crippen LogP contribution in [0, 0.1) is 5.92 Å². The van der Waals surface area contributed by atoms with Crippen molar-refractivity contribution in [2.24, 2.45) is 5.92 Å². The lowest BCUT2D eigenvalue weighted by Crippen LogP contribution is -2.30. The van der Waals surface area contributed by atoms with Crippen LogP contribution in [0.5, 0.6) is 0 Å². The summed E-state index contributed by atoms with van der Waals surface area (Å²) in [6.07, 6.45) is 5.30. The average molecular weight is 239 g/mol. The lowest BCUT2D eigenvalue weighted by Gasteiger charge is -2.19. The summed E-state index contributed by atoms with van der Waals surface area (Å²) in [6.45, 7) is 0. The number of hydrogen-bond acceptors (Lipinski definition) is 1. The fourth-order valence-corrected chi connectivity index (χ4v) is 3.41. The van der Waals surface area contributed by atoms with Crippen molar-refractivity contribution in [1.82, 2.24) is 5.32 Å². The van der Waals surface area contributed by atoms with E-state index in [-0.39, 0.29) is 0 Å². The van der Waals surface area contributed by atoms with E-state index in [4.69, 9.17) is 0 Å². The van der Waals surface area contributed by atoms with E-state index in [1.807, 2.05) is 0 Å². The minimum atomic E-state index is 0.712. The Morgan fingerprint density at radius 1 is 1.06 bits per heavy atom. The number of fused-ring (bicyclic) bond motifs is 1. The summed E-state index contributed by atoms with van der Waals surface area (Å²) in [5, 5.41) is 6.28. The van der Waals surface area contributed by atoms with E-state index in [0.717, 1.165) is 5.92 Å². The van der Waals surface area contributed by atoms with Crippen molar-refractivity contribution in [2.75, 3.05) is 7.05 Å². The predicted molar refractivity (Wildman–Crippen MR) is 77.8 cm³/mol. The van der Waals surface area contributed by atoms with Gasteiger partial charge in [0.25, 0.3) is 0 Å². The Kier molecular flexibility index (Phi) is 3.33. The normalized spacial score (nSPS) is 23.6. The fourth-order valence-electron chi connectivity index (χ4n) is 3.41. The Morgan fingerprint density at radius 3 is 2.78 bits per heavy atom. The van der Waals surface area contributed by atoms with Gasteiger partial charge in [0.15, 0.2) is 0 Å². The molecule has 1 heteroatoms. The molecule has 1 nitrogen and oxygen atoms in total. The maximum atomic E-state index is 3.48. The van der Waals surface area contributed by atoms with Crippen LogP contribution in [0.2, 0.25) is 0 Å². The smallest absolute Gasteiger partial charge is 0.00955 e. The summed E-state index contributed by atoms with van der Waals surface area (Å²) in [4.78, 5) is 0. The summed E-state index contributed by atoms with van der Waals surface area (Å²) in [7, 11) is 2.10. The van der Waals surface area contributed by atoms with Crippen LogP contribution in [0.3, 0.4) is 0 Å². The molecule has 3 rings (SSSR count). The molecule has 2 aromatic rings. The Labute approximate surface area is 109 Å². The highest BCUT2D eigenvalue weighted by molar-refractivity contribution is 5.85. The zero-order valence-electron chi connectivity index (χ0n) is 11.0. The third-order valence-electron chi connectivity index (χ3n) is 4.39. The molecule has 1 fully saturated rings. The van der Waals surface area contributed by atoms with E-state index < -0.39 is 0 Å². The molecular formula is C17H21N. The van der Waals surface area contributed by atoms with Gasteiger partial charge >= 0.3 is 0 Å². The Bertz CT molecular complexity index is 527. The number of rotatable bonds is 3. The second kappa shape index (κ2) is 5.11. The molecule has 94 valence electrons. The molecule has 0 aromatic heterocycles. The van der Waals surface area contributed by atoms with Crippen molar-refractivity contribution in [1.29, 1.82) is 0 Å². The quantitative estimate of drug-likeness (QED) is 0.859. The molecule has 2 aromatic carbocycles. The number of hydrogen-bond donors (Lipinski definition) is 1. The van der Waals surface area contributed by atoms with E-state index in [1.54, 1.807) is 0 Å². The summed E-state index contributed by atoms with van der Waals surface area (Å²) < 4.78 is 0. The van der Waals surface area contributed by atoms with Gasteiger partial charge in [-0.15, -0.1) is 0 Å². The first-order valence-corrected chi connectivity index (χ1v) is 7.02. The molecule has 1 aliphatic carbocycles. The molecule has 1 saturated carbocycles. The minimum Gasteiger partial charge on any atom is -0.317 e. The molecule has 1 aliphatic rings. The number of nitrogens with one attached hydrogen (secondary N) is 1. The van der Waals surface area contributed by atoms with E-state index in [1.165, 1.54) is 42.0 Å². The first kappa shape index (κ1) is 11.7. The topological polar surface area (TPSA) is 12.0 Å². The van der Waals surface area contributed by atoms with Crippen LogP contribution in [0.4, 0.5) is 0 Å². The van der Waals surface area contributed by atoms with Gasteiger partial charge in [-0.3, -0.25) is 0 Å². The van der Waals surface area contributed by atoms with E-state index in [2.05, 4.69) is 54.8 Å². The highest BCUT2D eigenvalue weighted by Gasteiger charge is 2.26. The van der Waals surface area contributed by atoms with Crippen LogP contribution < -0.4 is 5.32 Å². The van der Waals surface area contributed by atoms with Gasteiger partial charge in [-0.05, 0) is 48.6 Å². The molecule has 2 atom stereocenters. The van der Waals surface area contributed by atoms with Crippen LogP contribution >= 0.6 is 0 Å². The summed E-state index contributed by atoms with van der Waals surface area (Å²) in [6, 6.07) is 16.2. The predicted octanol–water partition coefficient (Wildman–Crippen LogP) is 3.77. The molecule has 0 bridgehead atoms. The lowest BCUT2D eigenvalue weighted by atomic mass is 9.91. The van der Waals surface area contributed by atoms with E-state index in [9.17, 15) is 0 Å². The molecular weight excluding hydrogens is 218 g/mol. The average Bonchev–Trinajstić information content (AvgIpc) is 2.86. The molecule has 0 radical (unpaired) electrons. The van der Waals surface area contributed by atoms with Crippen LogP contribution in [-0.4, -0.2) is 13.1 Å². The van der Waals surface area contributed by atoms with Crippen molar-refractivity contribution < 1.29 is 0 Å². The molecule has 18 heavy (non-hydrogen) atoms. The van der Waals surface area contributed by atoms with E-state index in [0.29, 0.717) is 6.04 Å². The van der Waals surface area contributed by atoms with Crippen LogP contribution in [-0.2, 0) is 6.42 Å². The van der Waals surface area contributed by atoms with Crippen LogP contribution in [0.15, 0.2) is 42.5 Å². The molecule has 0 aliphatic heterocycles. The molecule has 0 saturated heterocycles. The van der Waals surface area contributed by atoms with Gasteiger partial charge in [0, 0.05) is 6.04 Å². The van der Waals surface area contributed by atoms with Gasteiger partial charge < -0.3 is 5.32 Å². The largest absolute Gasteiger partial charge is 0.317 e. The van der Waals surface area contributed by atoms with Gasteiger partial charge in [-0.25, -0.2) is 0 Å². The summed E-state index contributed by atoms with van der Waals surface area (Å²) >= 11 is 0.